The molecule has 4 rings (SSSR count). The minimum absolute atomic E-state index is 0.122. The maximum absolute atomic E-state index is 14.7. The van der Waals surface area contributed by atoms with E-state index in [-0.39, 0.29) is 12.6 Å². The summed E-state index contributed by atoms with van der Waals surface area (Å²) in [5, 5.41) is 0. The molecule has 0 N–H and O–H groups in total. The highest BCUT2D eigenvalue weighted by atomic mass is 19.2. The lowest BCUT2D eigenvalue weighted by Gasteiger charge is -2.44. The molecule has 3 aromatic rings. The molecule has 0 spiro atoms. The van der Waals surface area contributed by atoms with Gasteiger partial charge in [-0.25, -0.2) is 35.1 Å². The third-order valence-electron chi connectivity index (χ3n) is 6.76. The zero-order valence-corrected chi connectivity index (χ0v) is 21.3. The van der Waals surface area contributed by atoms with E-state index in [2.05, 4.69) is 0 Å². The number of carbonyl (C=O) groups is 1. The number of carbonyl (C=O) groups excluding carboxylic acids is 1. The lowest BCUT2D eigenvalue weighted by molar-refractivity contribution is -0.139. The minimum Gasteiger partial charge on any atom is -0.477 e. The zero-order chi connectivity index (χ0) is 30.3. The van der Waals surface area contributed by atoms with E-state index in [9.17, 15) is 48.7 Å². The van der Waals surface area contributed by atoms with Gasteiger partial charge in [-0.3, -0.25) is 9.69 Å². The molecule has 0 saturated carbocycles. The molecule has 4 nitrogen and oxygen atoms in total. The molecular formula is C27H20F10N2O2. The van der Waals surface area contributed by atoms with Crippen LogP contribution in [-0.2, 0) is 11.3 Å². The zero-order valence-electron chi connectivity index (χ0n) is 21.3. The number of benzene rings is 3. The average Bonchev–Trinajstić information content (AvgIpc) is 2.94. The molecule has 3 aromatic carbocycles. The van der Waals surface area contributed by atoms with Gasteiger partial charge >= 0.3 is 0 Å². The van der Waals surface area contributed by atoms with Gasteiger partial charge in [-0.05, 0) is 31.5 Å². The molecule has 1 heterocycles. The minimum atomic E-state index is -2.68. The van der Waals surface area contributed by atoms with Crippen molar-refractivity contribution in [2.45, 2.75) is 32.5 Å². The fourth-order valence-corrected chi connectivity index (χ4v) is 4.59. The number of piperazine rings is 1. The molecule has 2 atom stereocenters. The summed E-state index contributed by atoms with van der Waals surface area (Å²) in [7, 11) is 0. The van der Waals surface area contributed by atoms with E-state index in [0.29, 0.717) is 13.1 Å². The van der Waals surface area contributed by atoms with Crippen molar-refractivity contribution in [1.82, 2.24) is 9.80 Å². The van der Waals surface area contributed by atoms with Gasteiger partial charge in [-0.15, -0.1) is 0 Å². The Hall–Kier alpha value is -3.81. The standard InChI is InChI=1S/C27H20F10N2O2/c1-11-8-39(12(2)7-38(11)9-13-3-5-14(28)6-4-13)15(40)10-41-27-25(36)20(31)17(21(32)26(27)37)16-18(29)22(33)24(35)23(34)19(16)30/h3-6,11-12H,7-10H2,1-2H3. The molecule has 41 heavy (non-hydrogen) atoms. The van der Waals surface area contributed by atoms with Gasteiger partial charge in [0.1, 0.15) is 5.82 Å². The van der Waals surface area contributed by atoms with Crippen molar-refractivity contribution in [2.24, 2.45) is 0 Å². The highest BCUT2D eigenvalue weighted by molar-refractivity contribution is 5.78. The van der Waals surface area contributed by atoms with Crippen LogP contribution in [0.4, 0.5) is 43.9 Å². The molecule has 1 saturated heterocycles. The van der Waals surface area contributed by atoms with E-state index in [0.717, 1.165) is 5.56 Å². The Morgan fingerprint density at radius 3 is 1.66 bits per heavy atom. The van der Waals surface area contributed by atoms with Crippen LogP contribution in [0, 0.1) is 58.2 Å². The topological polar surface area (TPSA) is 32.8 Å². The second kappa shape index (κ2) is 11.6. The normalized spacial score (nSPS) is 17.7. The largest absolute Gasteiger partial charge is 0.477 e. The number of ether oxygens (including phenoxy) is 1. The number of rotatable bonds is 6. The first-order valence-electron chi connectivity index (χ1n) is 12.0. The predicted molar refractivity (Wildman–Crippen MR) is 124 cm³/mol. The fraction of sp³-hybridized carbons (Fsp3) is 0.296. The predicted octanol–water partition coefficient (Wildman–Crippen LogP) is 6.24. The highest BCUT2D eigenvalue weighted by Crippen LogP contribution is 2.40. The van der Waals surface area contributed by atoms with Gasteiger partial charge in [-0.2, -0.15) is 8.78 Å². The molecule has 1 aliphatic rings. The van der Waals surface area contributed by atoms with Gasteiger partial charge in [-0.1, -0.05) is 12.1 Å². The Morgan fingerprint density at radius 2 is 1.15 bits per heavy atom. The highest BCUT2D eigenvalue weighted by Gasteiger charge is 2.36. The smallest absolute Gasteiger partial charge is 0.260 e. The van der Waals surface area contributed by atoms with Crippen molar-refractivity contribution in [3.05, 3.63) is 88.0 Å². The van der Waals surface area contributed by atoms with Crippen LogP contribution in [0.1, 0.15) is 19.4 Å². The van der Waals surface area contributed by atoms with Crippen LogP contribution in [0.3, 0.4) is 0 Å². The average molecular weight is 594 g/mol. The Labute approximate surface area is 226 Å². The van der Waals surface area contributed by atoms with Gasteiger partial charge in [0.25, 0.3) is 5.91 Å². The van der Waals surface area contributed by atoms with Gasteiger partial charge in [0, 0.05) is 31.7 Å². The molecule has 1 amide bonds. The Kier molecular flexibility index (Phi) is 8.52. The van der Waals surface area contributed by atoms with E-state index in [1.165, 1.54) is 17.0 Å². The quantitative estimate of drug-likeness (QED) is 0.192. The second-order valence-electron chi connectivity index (χ2n) is 9.49. The molecule has 0 bridgehead atoms. The van der Waals surface area contributed by atoms with Gasteiger partial charge < -0.3 is 9.64 Å². The number of nitrogens with zero attached hydrogens (tertiary/aromatic N) is 2. The Balaban J connectivity index is 1.53. The molecule has 14 heteroatoms. The van der Waals surface area contributed by atoms with Crippen LogP contribution in [0.15, 0.2) is 24.3 Å². The number of hydrogen-bond donors (Lipinski definition) is 0. The third kappa shape index (κ3) is 5.56. The van der Waals surface area contributed by atoms with Crippen molar-refractivity contribution in [1.29, 1.82) is 0 Å². The summed E-state index contributed by atoms with van der Waals surface area (Å²) >= 11 is 0. The van der Waals surface area contributed by atoms with Crippen LogP contribution < -0.4 is 4.74 Å². The van der Waals surface area contributed by atoms with Crippen LogP contribution in [0.25, 0.3) is 11.1 Å². The monoisotopic (exact) mass is 594 g/mol. The maximum Gasteiger partial charge on any atom is 0.260 e. The first kappa shape index (κ1) is 30.2. The van der Waals surface area contributed by atoms with Crippen molar-refractivity contribution in [2.75, 3.05) is 19.7 Å². The van der Waals surface area contributed by atoms with Crippen LogP contribution >= 0.6 is 0 Å². The fourth-order valence-electron chi connectivity index (χ4n) is 4.59. The van der Waals surface area contributed by atoms with Crippen molar-refractivity contribution in [3.8, 4) is 16.9 Å². The first-order chi connectivity index (χ1) is 19.2. The van der Waals surface area contributed by atoms with E-state index >= 15 is 0 Å². The van der Waals surface area contributed by atoms with Gasteiger partial charge in [0.05, 0.1) is 11.1 Å². The summed E-state index contributed by atoms with van der Waals surface area (Å²) in [6, 6.07) is 5.14. The third-order valence-corrected chi connectivity index (χ3v) is 6.76. The van der Waals surface area contributed by atoms with Gasteiger partial charge in [0.2, 0.25) is 17.5 Å². The Bertz CT molecular complexity index is 1440. The molecule has 0 aromatic heterocycles. The van der Waals surface area contributed by atoms with E-state index < -0.39 is 93.6 Å². The summed E-state index contributed by atoms with van der Waals surface area (Å²) in [4.78, 5) is 16.1. The van der Waals surface area contributed by atoms with Crippen molar-refractivity contribution >= 4 is 5.91 Å². The number of hydrogen-bond acceptors (Lipinski definition) is 3. The Morgan fingerprint density at radius 1 is 0.683 bits per heavy atom. The molecule has 1 fully saturated rings. The first-order valence-corrected chi connectivity index (χ1v) is 12.0. The maximum atomic E-state index is 14.7. The molecule has 1 aliphatic heterocycles. The van der Waals surface area contributed by atoms with E-state index in [1.807, 2.05) is 4.90 Å². The van der Waals surface area contributed by atoms with Gasteiger partial charge in [0.15, 0.2) is 47.3 Å². The SMILES string of the molecule is CC1CN(C(=O)COc2c(F)c(F)c(-c3c(F)c(F)c(F)c(F)c3F)c(F)c2F)C(C)CN1Cc1ccc(F)cc1. The molecule has 0 radical (unpaired) electrons. The number of amides is 1. The number of halogens is 10. The van der Waals surface area contributed by atoms with Crippen LogP contribution in [-0.4, -0.2) is 47.5 Å². The summed E-state index contributed by atoms with van der Waals surface area (Å²) in [5.41, 5.74) is -3.60. The summed E-state index contributed by atoms with van der Waals surface area (Å²) < 4.78 is 145. The molecule has 0 aliphatic carbocycles. The van der Waals surface area contributed by atoms with Crippen molar-refractivity contribution < 1.29 is 53.4 Å². The summed E-state index contributed by atoms with van der Waals surface area (Å²) in [6.07, 6.45) is 0. The molecule has 220 valence electrons. The van der Waals surface area contributed by atoms with Crippen LogP contribution in [0.5, 0.6) is 5.75 Å². The van der Waals surface area contributed by atoms with E-state index in [4.69, 9.17) is 4.74 Å². The summed E-state index contributed by atoms with van der Waals surface area (Å²) in [5.74, 6) is -26.0. The molecule has 2 unspecified atom stereocenters. The lowest BCUT2D eigenvalue weighted by Crippen LogP contribution is -2.58. The van der Waals surface area contributed by atoms with E-state index in [1.54, 1.807) is 26.0 Å². The van der Waals surface area contributed by atoms with Crippen LogP contribution in [0.2, 0.25) is 0 Å². The molecular weight excluding hydrogens is 574 g/mol. The summed E-state index contributed by atoms with van der Waals surface area (Å²) in [6.45, 7) is 3.25. The van der Waals surface area contributed by atoms with Crippen molar-refractivity contribution in [3.63, 3.8) is 0 Å². The lowest BCUT2D eigenvalue weighted by atomic mass is 10.0. The second-order valence-corrected chi connectivity index (χ2v) is 9.49.